The highest BCUT2D eigenvalue weighted by molar-refractivity contribution is 6.04. The summed E-state index contributed by atoms with van der Waals surface area (Å²) in [7, 11) is 1.98. The summed E-state index contributed by atoms with van der Waals surface area (Å²) in [6.07, 6.45) is 2.07. The summed E-state index contributed by atoms with van der Waals surface area (Å²) in [5.74, 6) is 0.0901. The van der Waals surface area contributed by atoms with E-state index < -0.39 is 0 Å². The van der Waals surface area contributed by atoms with Crippen molar-refractivity contribution in [2.24, 2.45) is 5.92 Å². The molecule has 3 rings (SSSR count). The zero-order chi connectivity index (χ0) is 20.1. The Morgan fingerprint density at radius 3 is 2.61 bits per heavy atom. The van der Waals surface area contributed by atoms with E-state index >= 15 is 0 Å². The molecule has 148 valence electrons. The van der Waals surface area contributed by atoms with E-state index in [-0.39, 0.29) is 24.4 Å². The second-order valence-corrected chi connectivity index (χ2v) is 7.87. The lowest BCUT2D eigenvalue weighted by Crippen LogP contribution is -2.33. The van der Waals surface area contributed by atoms with Gasteiger partial charge in [-0.15, -0.1) is 0 Å². The summed E-state index contributed by atoms with van der Waals surface area (Å²) in [6, 6.07) is 15.8. The fraction of sp³-hybridized carbons (Fsp3) is 0.391. The number of hydrogen-bond acceptors (Lipinski definition) is 3. The molecular formula is C23H29N3O2. The van der Waals surface area contributed by atoms with Crippen molar-refractivity contribution in [1.29, 1.82) is 0 Å². The highest BCUT2D eigenvalue weighted by atomic mass is 16.2. The second-order valence-electron chi connectivity index (χ2n) is 7.87. The first-order chi connectivity index (χ1) is 13.5. The average molecular weight is 380 g/mol. The van der Waals surface area contributed by atoms with Crippen LogP contribution in [0.25, 0.3) is 0 Å². The van der Waals surface area contributed by atoms with Gasteiger partial charge in [0.2, 0.25) is 5.91 Å². The van der Waals surface area contributed by atoms with Crippen LogP contribution >= 0.6 is 0 Å². The van der Waals surface area contributed by atoms with Crippen molar-refractivity contribution in [3.05, 3.63) is 65.2 Å². The van der Waals surface area contributed by atoms with Crippen LogP contribution in [0.15, 0.2) is 48.5 Å². The molecule has 0 saturated heterocycles. The van der Waals surface area contributed by atoms with Crippen molar-refractivity contribution < 1.29 is 9.59 Å². The Bertz CT molecular complexity index is 847. The maximum absolute atomic E-state index is 12.6. The first kappa shape index (κ1) is 20.1. The van der Waals surface area contributed by atoms with Gasteiger partial charge in [-0.1, -0.05) is 50.2 Å². The number of nitrogens with zero attached hydrogens (tertiary/aromatic N) is 1. The van der Waals surface area contributed by atoms with Gasteiger partial charge in [0.05, 0.1) is 17.8 Å². The average Bonchev–Trinajstić information content (AvgIpc) is 3.10. The van der Waals surface area contributed by atoms with Gasteiger partial charge in [-0.3, -0.25) is 14.5 Å². The summed E-state index contributed by atoms with van der Waals surface area (Å²) in [5.41, 5.74) is 3.72. The maximum atomic E-state index is 12.6. The molecule has 28 heavy (non-hydrogen) atoms. The molecule has 2 N–H and O–H groups in total. The lowest BCUT2D eigenvalue weighted by Gasteiger charge is -2.24. The van der Waals surface area contributed by atoms with Gasteiger partial charge in [-0.25, -0.2) is 0 Å². The van der Waals surface area contributed by atoms with Crippen molar-refractivity contribution in [2.75, 3.05) is 25.5 Å². The quantitative estimate of drug-likeness (QED) is 0.772. The molecule has 0 radical (unpaired) electrons. The second kappa shape index (κ2) is 9.02. The predicted molar refractivity (Wildman–Crippen MR) is 112 cm³/mol. The molecule has 5 heteroatoms. The third kappa shape index (κ3) is 4.78. The molecular weight excluding hydrogens is 350 g/mol. The zero-order valence-electron chi connectivity index (χ0n) is 16.9. The molecule has 1 unspecified atom stereocenters. The summed E-state index contributed by atoms with van der Waals surface area (Å²) in [4.78, 5) is 27.2. The Balaban J connectivity index is 1.63. The molecule has 0 bridgehead atoms. The van der Waals surface area contributed by atoms with Crippen molar-refractivity contribution in [1.82, 2.24) is 10.2 Å². The van der Waals surface area contributed by atoms with Gasteiger partial charge in [0, 0.05) is 12.6 Å². The third-order valence-electron chi connectivity index (χ3n) is 5.14. The Labute approximate surface area is 167 Å². The van der Waals surface area contributed by atoms with Crippen molar-refractivity contribution >= 4 is 17.5 Å². The highest BCUT2D eigenvalue weighted by Crippen LogP contribution is 2.34. The first-order valence-corrected chi connectivity index (χ1v) is 9.91. The minimum absolute atomic E-state index is 0.115. The number of amides is 2. The van der Waals surface area contributed by atoms with Gasteiger partial charge in [0.15, 0.2) is 0 Å². The number of para-hydroxylation sites is 1. The molecule has 0 fully saturated rings. The Morgan fingerprint density at radius 2 is 1.82 bits per heavy atom. The number of likely N-dealkylation sites (N-methyl/N-ethyl adjacent to an activating group) is 1. The van der Waals surface area contributed by atoms with Gasteiger partial charge in [-0.05, 0) is 49.1 Å². The molecule has 1 atom stereocenters. The lowest BCUT2D eigenvalue weighted by molar-refractivity contribution is -0.117. The predicted octanol–water partition coefficient (Wildman–Crippen LogP) is 3.63. The van der Waals surface area contributed by atoms with E-state index in [0.29, 0.717) is 23.7 Å². The van der Waals surface area contributed by atoms with E-state index in [0.717, 1.165) is 12.8 Å². The molecule has 0 heterocycles. The number of nitrogens with one attached hydrogen (secondary N) is 2. The van der Waals surface area contributed by atoms with Crippen LogP contribution in [0.5, 0.6) is 0 Å². The fourth-order valence-electron chi connectivity index (χ4n) is 3.70. The molecule has 2 aromatic rings. The molecule has 0 saturated carbocycles. The molecule has 2 aromatic carbocycles. The fourth-order valence-corrected chi connectivity index (χ4v) is 3.70. The molecule has 2 amide bonds. The van der Waals surface area contributed by atoms with E-state index in [4.69, 9.17) is 0 Å². The molecule has 1 aliphatic rings. The largest absolute Gasteiger partial charge is 0.352 e. The monoisotopic (exact) mass is 379 g/mol. The number of anilines is 1. The number of fused-ring (bicyclic) bond motifs is 1. The Morgan fingerprint density at radius 1 is 1.11 bits per heavy atom. The molecule has 0 aliphatic heterocycles. The van der Waals surface area contributed by atoms with Crippen LogP contribution in [-0.4, -0.2) is 36.9 Å². The standard InChI is InChI=1S/C23H29N3O2/c1-16(2)14-24-23(28)19-10-6-7-11-20(19)25-22(27)15-26(3)21-13-12-17-8-4-5-9-18(17)21/h4-11,16,21H,12-15H2,1-3H3,(H,24,28)(H,25,27). The van der Waals surface area contributed by atoms with Gasteiger partial charge in [-0.2, -0.15) is 0 Å². The van der Waals surface area contributed by atoms with Gasteiger partial charge >= 0.3 is 0 Å². The van der Waals surface area contributed by atoms with Crippen LogP contribution in [0.2, 0.25) is 0 Å². The Hall–Kier alpha value is -2.66. The number of carbonyl (C=O) groups excluding carboxylic acids is 2. The minimum atomic E-state index is -0.164. The van der Waals surface area contributed by atoms with E-state index in [9.17, 15) is 9.59 Å². The molecule has 0 spiro atoms. The normalized spacial score (nSPS) is 15.5. The number of carbonyl (C=O) groups is 2. The number of hydrogen-bond donors (Lipinski definition) is 2. The number of benzene rings is 2. The van der Waals surface area contributed by atoms with E-state index in [1.165, 1.54) is 11.1 Å². The van der Waals surface area contributed by atoms with Crippen LogP contribution in [-0.2, 0) is 11.2 Å². The van der Waals surface area contributed by atoms with E-state index in [1.807, 2.05) is 33.0 Å². The number of aryl methyl sites for hydroxylation is 1. The zero-order valence-corrected chi connectivity index (χ0v) is 16.9. The van der Waals surface area contributed by atoms with Crippen LogP contribution in [0.4, 0.5) is 5.69 Å². The van der Waals surface area contributed by atoms with Crippen molar-refractivity contribution in [2.45, 2.75) is 32.7 Å². The van der Waals surface area contributed by atoms with Crippen LogP contribution in [0, 0.1) is 5.92 Å². The van der Waals surface area contributed by atoms with Crippen LogP contribution in [0.1, 0.15) is 47.8 Å². The summed E-state index contributed by atoms with van der Waals surface area (Å²) < 4.78 is 0. The third-order valence-corrected chi connectivity index (χ3v) is 5.14. The highest BCUT2D eigenvalue weighted by Gasteiger charge is 2.26. The Kier molecular flexibility index (Phi) is 6.47. The summed E-state index contributed by atoms with van der Waals surface area (Å²) >= 11 is 0. The smallest absolute Gasteiger partial charge is 0.253 e. The van der Waals surface area contributed by atoms with Gasteiger partial charge < -0.3 is 10.6 Å². The van der Waals surface area contributed by atoms with E-state index in [2.05, 4.69) is 39.8 Å². The first-order valence-electron chi connectivity index (χ1n) is 9.91. The SMILES string of the molecule is CC(C)CNC(=O)c1ccccc1NC(=O)CN(C)C1CCc2ccccc21. The number of rotatable bonds is 7. The molecule has 0 aromatic heterocycles. The topological polar surface area (TPSA) is 61.4 Å². The lowest BCUT2D eigenvalue weighted by atomic mass is 10.1. The summed E-state index contributed by atoms with van der Waals surface area (Å²) in [6.45, 7) is 4.97. The molecule has 1 aliphatic carbocycles. The summed E-state index contributed by atoms with van der Waals surface area (Å²) in [5, 5.41) is 5.82. The maximum Gasteiger partial charge on any atom is 0.253 e. The van der Waals surface area contributed by atoms with Crippen molar-refractivity contribution in [3.63, 3.8) is 0 Å². The molecule has 5 nitrogen and oxygen atoms in total. The van der Waals surface area contributed by atoms with Crippen molar-refractivity contribution in [3.8, 4) is 0 Å². The van der Waals surface area contributed by atoms with E-state index in [1.54, 1.807) is 12.1 Å². The van der Waals surface area contributed by atoms with Crippen LogP contribution < -0.4 is 10.6 Å². The minimum Gasteiger partial charge on any atom is -0.352 e. The van der Waals surface area contributed by atoms with Crippen LogP contribution in [0.3, 0.4) is 0 Å². The van der Waals surface area contributed by atoms with Gasteiger partial charge in [0.25, 0.3) is 5.91 Å². The van der Waals surface area contributed by atoms with Gasteiger partial charge in [0.1, 0.15) is 0 Å².